The highest BCUT2D eigenvalue weighted by atomic mass is 32.2. The summed E-state index contributed by atoms with van der Waals surface area (Å²) in [4.78, 5) is 57.2. The van der Waals surface area contributed by atoms with Crippen LogP contribution in [0.5, 0.6) is 11.5 Å². The second-order valence-corrected chi connectivity index (χ2v) is 21.8. The maximum Gasteiger partial charge on any atom is 0.303 e. The van der Waals surface area contributed by atoms with Crippen LogP contribution >= 0.6 is 0 Å². The van der Waals surface area contributed by atoms with Gasteiger partial charge >= 0.3 is 5.97 Å². The normalized spacial score (nSPS) is 15.9. The van der Waals surface area contributed by atoms with Crippen LogP contribution in [-0.4, -0.2) is 88.7 Å². The maximum atomic E-state index is 14.4. The summed E-state index contributed by atoms with van der Waals surface area (Å²) in [5, 5.41) is 8.99. The molecular weight excluding hydrogens is 930 g/mol. The van der Waals surface area contributed by atoms with Crippen molar-refractivity contribution in [3.8, 4) is 22.8 Å². The number of anilines is 1. The minimum Gasteiger partial charge on any atom is -0.494 e. The number of amides is 2. The number of carbonyl (C=O) groups is 4. The third kappa shape index (κ3) is 13.9. The molecule has 1 aliphatic carbocycles. The van der Waals surface area contributed by atoms with E-state index >= 15 is 0 Å². The number of ketones is 1. The molecule has 19 heteroatoms. The Morgan fingerprint density at radius 2 is 1.67 bits per heavy atom. The lowest BCUT2D eigenvalue weighted by molar-refractivity contribution is -0.137. The Hall–Kier alpha value is -6.44. The summed E-state index contributed by atoms with van der Waals surface area (Å²) < 4.78 is 81.3. The first-order valence-electron chi connectivity index (χ1n) is 22.3. The van der Waals surface area contributed by atoms with E-state index in [1.54, 1.807) is 31.0 Å². The van der Waals surface area contributed by atoms with Gasteiger partial charge < -0.3 is 19.5 Å². The number of allylic oxidation sites excluding steroid dienone is 4. The molecule has 0 radical (unpaired) electrons. The number of halogens is 1. The van der Waals surface area contributed by atoms with Crippen LogP contribution in [0, 0.1) is 17.2 Å². The number of pyridine rings is 1. The molecule has 1 unspecified atom stereocenters. The minimum atomic E-state index is -4.15. The summed E-state index contributed by atoms with van der Waals surface area (Å²) in [6.45, 7) is 15.9. The van der Waals surface area contributed by atoms with Crippen LogP contribution in [0.25, 0.3) is 11.3 Å². The van der Waals surface area contributed by atoms with Crippen molar-refractivity contribution in [1.82, 2.24) is 19.3 Å². The molecule has 4 aromatic rings. The van der Waals surface area contributed by atoms with Crippen molar-refractivity contribution in [3.63, 3.8) is 0 Å². The summed E-state index contributed by atoms with van der Waals surface area (Å²) in [6, 6.07) is 20.0. The van der Waals surface area contributed by atoms with Crippen molar-refractivity contribution in [2.24, 2.45) is 11.3 Å². The monoisotopic (exact) mass is 989 g/mol. The number of sulfonamides is 2. The summed E-state index contributed by atoms with van der Waals surface area (Å²) in [7, 11) is -6.69. The summed E-state index contributed by atoms with van der Waals surface area (Å²) in [5.41, 5.74) is 0.950. The predicted molar refractivity (Wildman–Crippen MR) is 260 cm³/mol. The largest absolute Gasteiger partial charge is 0.494 e. The Morgan fingerprint density at radius 3 is 2.30 bits per heavy atom. The fourth-order valence-electron chi connectivity index (χ4n) is 7.61. The van der Waals surface area contributed by atoms with Gasteiger partial charge in [-0.25, -0.2) is 35.7 Å². The van der Waals surface area contributed by atoms with Gasteiger partial charge in [0.05, 0.1) is 34.3 Å². The quantitative estimate of drug-likeness (QED) is 0.0888. The van der Waals surface area contributed by atoms with E-state index in [9.17, 15) is 40.4 Å². The van der Waals surface area contributed by atoms with Crippen LogP contribution in [0.15, 0.2) is 107 Å². The lowest BCUT2D eigenvalue weighted by Gasteiger charge is -2.38. The summed E-state index contributed by atoms with van der Waals surface area (Å²) in [6.07, 6.45) is 3.95. The molecule has 1 aromatic heterocycles. The van der Waals surface area contributed by atoms with Gasteiger partial charge in [0.1, 0.15) is 28.7 Å². The smallest absolute Gasteiger partial charge is 0.303 e. The molecule has 6 rings (SSSR count). The summed E-state index contributed by atoms with van der Waals surface area (Å²) in [5.74, 6) is -2.01. The highest BCUT2D eigenvalue weighted by Gasteiger charge is 2.50. The topological polar surface area (TPSA) is 219 Å². The number of hydrogen-bond acceptors (Lipinski definition) is 13. The molecule has 69 heavy (non-hydrogen) atoms. The van der Waals surface area contributed by atoms with Gasteiger partial charge in [-0.3, -0.25) is 24.1 Å². The first-order valence-corrected chi connectivity index (χ1v) is 25.3. The zero-order valence-electron chi connectivity index (χ0n) is 40.0. The van der Waals surface area contributed by atoms with Gasteiger partial charge in [0.25, 0.3) is 31.9 Å². The van der Waals surface area contributed by atoms with Crippen LogP contribution in [0.1, 0.15) is 89.2 Å². The Morgan fingerprint density at radius 1 is 0.957 bits per heavy atom. The molecule has 2 amide bonds. The zero-order valence-corrected chi connectivity index (χ0v) is 41.7. The lowest BCUT2D eigenvalue weighted by atomic mass is 9.88. The van der Waals surface area contributed by atoms with E-state index < -0.39 is 49.2 Å². The van der Waals surface area contributed by atoms with E-state index in [0.29, 0.717) is 49.1 Å². The molecule has 3 N–H and O–H groups in total. The number of aliphatic carboxylic acids is 1. The molecule has 0 fully saturated rings. The van der Waals surface area contributed by atoms with Gasteiger partial charge in [0, 0.05) is 56.7 Å². The number of carboxylic acids is 1. The molecule has 16 nitrogen and oxygen atoms in total. The predicted octanol–water partition coefficient (Wildman–Crippen LogP) is 7.36. The molecule has 1 aliphatic heterocycles. The molecule has 370 valence electrons. The van der Waals surface area contributed by atoms with E-state index in [2.05, 4.69) is 35.2 Å². The standard InChI is InChI=1S/C27H30FN3O6S.C23H30N2O5S/c1-18(2)17-37-21-15-19(14-20(28)16-21)24-12-11-23(26(29-24)31(3)13-7-10-25(32)33)27(34)30-38(35,36)22-8-5-4-6-9-22;1-6-30-20-12-8-11-19-18(20)14-25(15-22(2,3)4)23(19,5)21(27)24-31(28,29)17-10-7-9-16(26)13-17/h4-6,8-9,11-12,14-16,18H,7,10,13,17H2,1-3H3,(H,30,34)(H,32,33);7-12H,6,13-15H2,1-5H3,(H,24,27). The number of fused-ring (bicyclic) bond motifs is 1. The number of carboxylic acid groups (broad SMARTS) is 1. The fraction of sp³-hybridized carbons (Fsp3) is 0.380. The third-order valence-electron chi connectivity index (χ3n) is 10.9. The minimum absolute atomic E-state index is 0.0428. The van der Waals surface area contributed by atoms with Crippen LogP contribution in [0.4, 0.5) is 10.2 Å². The lowest BCUT2D eigenvalue weighted by Crippen LogP contribution is -2.54. The van der Waals surface area contributed by atoms with Gasteiger partial charge in [-0.15, -0.1) is 0 Å². The van der Waals surface area contributed by atoms with Crippen LogP contribution in [0.3, 0.4) is 0 Å². The van der Waals surface area contributed by atoms with E-state index in [1.165, 1.54) is 66.8 Å². The van der Waals surface area contributed by atoms with Gasteiger partial charge in [-0.05, 0) is 91.8 Å². The van der Waals surface area contributed by atoms with E-state index in [1.807, 2.05) is 43.9 Å². The van der Waals surface area contributed by atoms with Crippen molar-refractivity contribution in [3.05, 3.63) is 125 Å². The van der Waals surface area contributed by atoms with Crippen LogP contribution in [0.2, 0.25) is 0 Å². The van der Waals surface area contributed by atoms with E-state index in [4.69, 9.17) is 14.6 Å². The first-order chi connectivity index (χ1) is 32.3. The molecular formula is C50H60FN5O11S2. The number of carbonyl (C=O) groups excluding carboxylic acids is 3. The molecule has 0 bridgehead atoms. The Kier molecular flexibility index (Phi) is 17.3. The zero-order chi connectivity index (χ0) is 50.9. The molecule has 0 saturated heterocycles. The van der Waals surface area contributed by atoms with E-state index in [0.717, 1.165) is 11.1 Å². The molecule has 0 saturated carbocycles. The number of nitrogens with zero attached hydrogens (tertiary/aromatic N) is 3. The number of hydrogen-bond donors (Lipinski definition) is 3. The van der Waals surface area contributed by atoms with Gasteiger partial charge in [-0.2, -0.15) is 0 Å². The van der Waals surface area contributed by atoms with Crippen molar-refractivity contribution < 1.29 is 55.0 Å². The summed E-state index contributed by atoms with van der Waals surface area (Å²) >= 11 is 0. The van der Waals surface area contributed by atoms with Crippen molar-refractivity contribution >= 4 is 49.4 Å². The number of rotatable bonds is 18. The third-order valence-corrected chi connectivity index (χ3v) is 13.7. The maximum absolute atomic E-state index is 14.4. The number of nitrogens with one attached hydrogen (secondary N) is 2. The second kappa shape index (κ2) is 22.3. The van der Waals surface area contributed by atoms with Crippen molar-refractivity contribution in [2.45, 2.75) is 84.7 Å². The Labute approximate surface area is 403 Å². The number of aromatic nitrogens is 1. The molecule has 3 aromatic carbocycles. The van der Waals surface area contributed by atoms with Crippen molar-refractivity contribution in [1.29, 1.82) is 0 Å². The highest BCUT2D eigenvalue weighted by molar-refractivity contribution is 7.94. The van der Waals surface area contributed by atoms with E-state index in [-0.39, 0.29) is 64.1 Å². The van der Waals surface area contributed by atoms with Gasteiger partial charge in [0.15, 0.2) is 5.78 Å². The molecule has 0 spiro atoms. The van der Waals surface area contributed by atoms with Gasteiger partial charge in [0.2, 0.25) is 0 Å². The molecule has 1 atom stereocenters. The Balaban J connectivity index is 0.000000263. The second-order valence-electron chi connectivity index (χ2n) is 18.4. The van der Waals surface area contributed by atoms with Crippen molar-refractivity contribution in [2.75, 3.05) is 38.3 Å². The van der Waals surface area contributed by atoms with Crippen LogP contribution in [-0.2, 0) is 46.5 Å². The van der Waals surface area contributed by atoms with Crippen LogP contribution < -0.4 is 23.8 Å². The molecule has 2 heterocycles. The molecule has 2 aliphatic rings. The fourth-order valence-corrected chi connectivity index (χ4v) is 9.77. The average Bonchev–Trinajstić information content (AvgIpc) is 3.56. The Bertz CT molecular complexity index is 2850. The first kappa shape index (κ1) is 53.5. The van der Waals surface area contributed by atoms with Gasteiger partial charge in [-0.1, -0.05) is 71.0 Å². The SMILES string of the molecule is CC(C)COc1cc(F)cc(-c2ccc(C(=O)NS(=O)(=O)c3ccccc3)c(N(C)CCCC(=O)O)n2)c1.CCOc1cccc2c1CN(CC(C)(C)C)C2(C)C(=O)NS(=O)(=O)C1=CC=CC(=O)C1. The highest BCUT2D eigenvalue weighted by Crippen LogP contribution is 2.45. The number of benzene rings is 3. The number of ether oxygens (including phenoxy) is 2. The average molecular weight is 990 g/mol.